The summed E-state index contributed by atoms with van der Waals surface area (Å²) >= 11 is 0. The summed E-state index contributed by atoms with van der Waals surface area (Å²) in [6.07, 6.45) is 9.82. The van der Waals surface area contributed by atoms with E-state index in [1.807, 2.05) is 38.4 Å². The van der Waals surface area contributed by atoms with Crippen LogP contribution in [-0.2, 0) is 4.79 Å². The third-order valence-corrected chi connectivity index (χ3v) is 6.49. The number of allylic oxidation sites excluding steroid dienone is 2. The lowest BCUT2D eigenvalue weighted by atomic mass is 10.1. The van der Waals surface area contributed by atoms with Gasteiger partial charge in [-0.25, -0.2) is 4.98 Å². The molecule has 0 saturated carbocycles. The van der Waals surface area contributed by atoms with Crippen molar-refractivity contribution in [2.75, 3.05) is 13.1 Å². The van der Waals surface area contributed by atoms with Gasteiger partial charge in [-0.15, -0.1) is 0 Å². The molecule has 1 amide bonds. The number of hydrogen-bond acceptors (Lipinski definition) is 5. The van der Waals surface area contributed by atoms with Crippen molar-refractivity contribution in [2.24, 2.45) is 4.99 Å². The number of oxazole rings is 1. The highest BCUT2D eigenvalue weighted by Crippen LogP contribution is 2.40. The van der Waals surface area contributed by atoms with E-state index in [0.717, 1.165) is 53.6 Å². The minimum absolute atomic E-state index is 0.0816. The molecule has 28 heavy (non-hydrogen) atoms. The van der Waals surface area contributed by atoms with Crippen molar-refractivity contribution in [1.82, 2.24) is 15.2 Å². The second-order valence-electron chi connectivity index (χ2n) is 6.74. The molecule has 0 spiro atoms. The minimum atomic E-state index is -0.0816. The maximum Gasteiger partial charge on any atom is 0.214 e. The molecular weight excluding hydrogens is 371 g/mol. The van der Waals surface area contributed by atoms with Gasteiger partial charge in [0.15, 0.2) is 11.5 Å². The van der Waals surface area contributed by atoms with Crippen LogP contribution >= 0.6 is 8.58 Å². The zero-order valence-corrected chi connectivity index (χ0v) is 17.0. The Labute approximate surface area is 165 Å². The summed E-state index contributed by atoms with van der Waals surface area (Å²) in [6.45, 7) is 5.66. The van der Waals surface area contributed by atoms with Crippen LogP contribution in [0, 0.1) is 6.92 Å². The van der Waals surface area contributed by atoms with Gasteiger partial charge >= 0.3 is 0 Å². The van der Waals surface area contributed by atoms with Gasteiger partial charge in [0.2, 0.25) is 6.41 Å². The third-order valence-electron chi connectivity index (χ3n) is 4.86. The van der Waals surface area contributed by atoms with Gasteiger partial charge in [0, 0.05) is 25.9 Å². The number of rotatable bonds is 5. The van der Waals surface area contributed by atoms with E-state index in [1.165, 1.54) is 5.57 Å². The van der Waals surface area contributed by atoms with Crippen LogP contribution in [0.5, 0.6) is 0 Å². The Balaban J connectivity index is 1.54. The second-order valence-corrected chi connectivity index (χ2v) is 8.15. The molecule has 0 bridgehead atoms. The van der Waals surface area contributed by atoms with Crippen molar-refractivity contribution in [3.05, 3.63) is 59.3 Å². The van der Waals surface area contributed by atoms with Crippen molar-refractivity contribution in [1.29, 1.82) is 0 Å². The smallest absolute Gasteiger partial charge is 0.214 e. The molecule has 6 nitrogen and oxygen atoms in total. The number of carbonyl (C=O) groups is 1. The molecule has 2 unspecified atom stereocenters. The predicted octanol–water partition coefficient (Wildman–Crippen LogP) is 3.81. The Hall–Kier alpha value is -2.56. The van der Waals surface area contributed by atoms with E-state index in [1.54, 1.807) is 4.90 Å². The zero-order chi connectivity index (χ0) is 19.5. The molecule has 4 rings (SSSR count). The molecule has 0 fully saturated rings. The number of amides is 1. The summed E-state index contributed by atoms with van der Waals surface area (Å²) in [5.74, 6) is 0.579. The van der Waals surface area contributed by atoms with E-state index in [0.29, 0.717) is 14.5 Å². The summed E-state index contributed by atoms with van der Waals surface area (Å²) in [4.78, 5) is 22.5. The molecule has 2 aliphatic heterocycles. The van der Waals surface area contributed by atoms with Crippen LogP contribution in [0.15, 0.2) is 57.2 Å². The van der Waals surface area contributed by atoms with E-state index in [2.05, 4.69) is 33.5 Å². The molecule has 7 heteroatoms. The molecule has 144 valence electrons. The Kier molecular flexibility index (Phi) is 5.51. The first-order valence-electron chi connectivity index (χ1n) is 9.37. The molecule has 2 aromatic rings. The molecule has 3 heterocycles. The average Bonchev–Trinajstić information content (AvgIpc) is 3.11. The first-order valence-corrected chi connectivity index (χ1v) is 10.4. The lowest BCUT2D eigenvalue weighted by Crippen LogP contribution is -2.31. The number of nitrogens with one attached hydrogen (secondary N) is 1. The van der Waals surface area contributed by atoms with Gasteiger partial charge < -0.3 is 14.6 Å². The minimum Gasteiger partial charge on any atom is -0.441 e. The van der Waals surface area contributed by atoms with Crippen molar-refractivity contribution in [2.45, 2.75) is 26.1 Å². The lowest BCUT2D eigenvalue weighted by molar-refractivity contribution is -0.115. The van der Waals surface area contributed by atoms with Crippen LogP contribution in [0.4, 0.5) is 0 Å². The van der Waals surface area contributed by atoms with Crippen molar-refractivity contribution in [3.8, 4) is 0 Å². The Morgan fingerprint density at radius 2 is 2.32 bits per heavy atom. The number of aliphatic imine (C=N–C) groups is 1. The standard InChI is InChI=1S/C21H23N4O2P/c1-3-20(16-4-5-17-19(10-16)27-14(2)24-17)28-21-11-23-18(12-25(21)13-26)15-6-8-22-9-7-15/h3-6,10-13,21-22,28H,7-9H2,1-2H3/b20-3-. The van der Waals surface area contributed by atoms with Crippen molar-refractivity contribution < 1.29 is 9.21 Å². The second kappa shape index (κ2) is 8.21. The monoisotopic (exact) mass is 394 g/mol. The van der Waals surface area contributed by atoms with Crippen LogP contribution in [0.2, 0.25) is 0 Å². The highest BCUT2D eigenvalue weighted by atomic mass is 31.1. The predicted molar refractivity (Wildman–Crippen MR) is 115 cm³/mol. The molecule has 1 N–H and O–H groups in total. The maximum atomic E-state index is 11.7. The SMILES string of the molecule is C/C=C(\PC1C=NC(C2=CCNCC2)=CN1C=O)c1ccc2nc(C)oc2c1. The fourth-order valence-corrected chi connectivity index (χ4v) is 4.65. The molecule has 1 aromatic heterocycles. The molecule has 0 radical (unpaired) electrons. The van der Waals surface area contributed by atoms with Gasteiger partial charge in [-0.1, -0.05) is 26.8 Å². The number of carbonyl (C=O) groups excluding carboxylic acids is 1. The molecular formula is C21H23N4O2P. The topological polar surface area (TPSA) is 70.7 Å². The zero-order valence-electron chi connectivity index (χ0n) is 16.0. The van der Waals surface area contributed by atoms with E-state index < -0.39 is 0 Å². The largest absolute Gasteiger partial charge is 0.441 e. The summed E-state index contributed by atoms with van der Waals surface area (Å²) in [5, 5.41) is 4.46. The van der Waals surface area contributed by atoms with Gasteiger partial charge in [-0.05, 0) is 48.5 Å². The van der Waals surface area contributed by atoms with Gasteiger partial charge in [0.05, 0.1) is 11.5 Å². The van der Waals surface area contributed by atoms with E-state index >= 15 is 0 Å². The average molecular weight is 394 g/mol. The lowest BCUT2D eigenvalue weighted by Gasteiger charge is -2.28. The van der Waals surface area contributed by atoms with Crippen LogP contribution in [0.1, 0.15) is 24.8 Å². The van der Waals surface area contributed by atoms with Gasteiger partial charge in [0.1, 0.15) is 5.52 Å². The summed E-state index contributed by atoms with van der Waals surface area (Å²) in [5.41, 5.74) is 4.80. The Morgan fingerprint density at radius 3 is 3.07 bits per heavy atom. The number of aromatic nitrogens is 1. The van der Waals surface area contributed by atoms with E-state index in [-0.39, 0.29) is 5.78 Å². The number of nitrogens with zero attached hydrogens (tertiary/aromatic N) is 3. The number of hydrogen-bond donors (Lipinski definition) is 1. The maximum absolute atomic E-state index is 11.7. The fourth-order valence-electron chi connectivity index (χ4n) is 3.41. The normalized spacial score (nSPS) is 20.7. The first kappa shape index (κ1) is 18.8. The van der Waals surface area contributed by atoms with Crippen LogP contribution < -0.4 is 5.32 Å². The molecule has 2 aliphatic rings. The van der Waals surface area contributed by atoms with E-state index in [4.69, 9.17) is 4.42 Å². The van der Waals surface area contributed by atoms with Crippen molar-refractivity contribution in [3.63, 3.8) is 0 Å². The van der Waals surface area contributed by atoms with Gasteiger partial charge in [0.25, 0.3) is 0 Å². The Morgan fingerprint density at radius 1 is 1.43 bits per heavy atom. The summed E-state index contributed by atoms with van der Waals surface area (Å²) < 4.78 is 5.67. The highest BCUT2D eigenvalue weighted by Gasteiger charge is 2.22. The number of fused-ring (bicyclic) bond motifs is 1. The Bertz CT molecular complexity index is 1020. The quantitative estimate of drug-likeness (QED) is 0.619. The fraction of sp³-hybridized carbons (Fsp3) is 0.286. The molecule has 1 aromatic carbocycles. The van der Waals surface area contributed by atoms with Crippen LogP contribution in [0.25, 0.3) is 16.4 Å². The van der Waals surface area contributed by atoms with E-state index in [9.17, 15) is 4.79 Å². The van der Waals surface area contributed by atoms with Gasteiger partial charge in [-0.2, -0.15) is 0 Å². The van der Waals surface area contributed by atoms with Gasteiger partial charge in [-0.3, -0.25) is 9.79 Å². The summed E-state index contributed by atoms with van der Waals surface area (Å²) in [7, 11) is 0.382. The first-order chi connectivity index (χ1) is 13.7. The third kappa shape index (κ3) is 3.84. The highest BCUT2D eigenvalue weighted by molar-refractivity contribution is 7.52. The number of aryl methyl sites for hydroxylation is 1. The summed E-state index contributed by atoms with van der Waals surface area (Å²) in [6, 6.07) is 6.05. The van der Waals surface area contributed by atoms with Crippen LogP contribution in [0.3, 0.4) is 0 Å². The molecule has 0 saturated heterocycles. The van der Waals surface area contributed by atoms with Crippen molar-refractivity contribution >= 4 is 37.6 Å². The van der Waals surface area contributed by atoms with Crippen LogP contribution in [-0.4, -0.2) is 41.4 Å². The number of benzene rings is 1. The molecule has 2 atom stereocenters. The molecule has 0 aliphatic carbocycles.